The number of nitrogens with zero attached hydrogens (tertiary/aromatic N) is 2. The normalized spacial score (nSPS) is 32.0. The third-order valence-corrected chi connectivity index (χ3v) is 4.03. The summed E-state index contributed by atoms with van der Waals surface area (Å²) < 4.78 is 0. The highest BCUT2D eigenvalue weighted by atomic mass is 16.3. The lowest BCUT2D eigenvalue weighted by Gasteiger charge is -2.51. The fourth-order valence-corrected chi connectivity index (χ4v) is 2.98. The maximum absolute atomic E-state index is 10.6. The molecule has 0 aromatic carbocycles. The van der Waals surface area contributed by atoms with Gasteiger partial charge in [-0.2, -0.15) is 4.99 Å². The van der Waals surface area contributed by atoms with Gasteiger partial charge in [-0.15, -0.1) is 0 Å². The Morgan fingerprint density at radius 2 is 1.70 bits per heavy atom. The summed E-state index contributed by atoms with van der Waals surface area (Å²) in [6.07, 6.45) is 3.82. The van der Waals surface area contributed by atoms with Crippen LogP contribution in [0.1, 0.15) is 19.3 Å². The summed E-state index contributed by atoms with van der Waals surface area (Å²) in [6, 6.07) is 0. The van der Waals surface area contributed by atoms with Crippen LogP contribution in [0.2, 0.25) is 0 Å². The van der Waals surface area contributed by atoms with Gasteiger partial charge >= 0.3 is 0 Å². The number of likely N-dealkylation sites (N-methyl/N-ethyl adjacent to an activating group) is 1. The molecule has 0 radical (unpaired) electrons. The predicted octanol–water partition coefficient (Wildman–Crippen LogP) is -1.38. The molecule has 8 nitrogen and oxygen atoms in total. The maximum Gasteiger partial charge on any atom is 0.237 e. The highest BCUT2D eigenvalue weighted by Gasteiger charge is 2.53. The van der Waals surface area contributed by atoms with Crippen LogP contribution in [-0.2, 0) is 9.59 Å². The van der Waals surface area contributed by atoms with Gasteiger partial charge in [-0.05, 0) is 27.6 Å². The summed E-state index contributed by atoms with van der Waals surface area (Å²) in [4.78, 5) is 28.1. The van der Waals surface area contributed by atoms with Gasteiger partial charge in [-0.3, -0.25) is 0 Å². The molecule has 1 rings (SSSR count). The second-order valence-electron chi connectivity index (χ2n) is 5.24. The van der Waals surface area contributed by atoms with Crippen LogP contribution in [0.15, 0.2) is 9.98 Å². The standard InChI is InChI=1S/C12H21N5O3/c1-13-10(7-16-8-18)4-11(14-2,15-3)6-12(20,5-10)17-9-19/h13-15,20H,4-7H2,1-3H3. The summed E-state index contributed by atoms with van der Waals surface area (Å²) in [5, 5.41) is 19.8. The third kappa shape index (κ3) is 3.37. The Morgan fingerprint density at radius 3 is 2.15 bits per heavy atom. The van der Waals surface area contributed by atoms with E-state index in [1.807, 2.05) is 0 Å². The van der Waals surface area contributed by atoms with Crippen molar-refractivity contribution < 1.29 is 14.7 Å². The Bertz CT molecular complexity index is 440. The van der Waals surface area contributed by atoms with Gasteiger partial charge in [-0.1, -0.05) is 0 Å². The molecular weight excluding hydrogens is 262 g/mol. The van der Waals surface area contributed by atoms with Crippen LogP contribution in [0.4, 0.5) is 0 Å². The van der Waals surface area contributed by atoms with Crippen LogP contribution < -0.4 is 16.0 Å². The molecule has 1 fully saturated rings. The second kappa shape index (κ2) is 6.37. The first-order valence-corrected chi connectivity index (χ1v) is 6.34. The SMILES string of the molecule is CNC1(CN=C=O)CC(O)(N=C=O)CC(NC)(NC)C1. The molecule has 0 amide bonds. The molecule has 0 heterocycles. The minimum Gasteiger partial charge on any atom is -0.368 e. The van der Waals surface area contributed by atoms with E-state index in [-0.39, 0.29) is 19.4 Å². The molecule has 4 N–H and O–H groups in total. The fourth-order valence-electron chi connectivity index (χ4n) is 2.98. The minimum absolute atomic E-state index is 0.134. The predicted molar refractivity (Wildman–Crippen MR) is 72.6 cm³/mol. The van der Waals surface area contributed by atoms with Crippen molar-refractivity contribution >= 4 is 12.2 Å². The van der Waals surface area contributed by atoms with E-state index in [0.29, 0.717) is 6.42 Å². The molecule has 20 heavy (non-hydrogen) atoms. The van der Waals surface area contributed by atoms with E-state index >= 15 is 0 Å². The van der Waals surface area contributed by atoms with Gasteiger partial charge < -0.3 is 21.1 Å². The Morgan fingerprint density at radius 1 is 1.05 bits per heavy atom. The van der Waals surface area contributed by atoms with Crippen molar-refractivity contribution in [1.29, 1.82) is 0 Å². The quantitative estimate of drug-likeness (QED) is 0.271. The highest BCUT2D eigenvalue weighted by Crippen LogP contribution is 2.40. The Kier molecular flexibility index (Phi) is 5.30. The molecule has 1 aliphatic carbocycles. The van der Waals surface area contributed by atoms with Crippen molar-refractivity contribution in [3.8, 4) is 0 Å². The fraction of sp³-hybridized carbons (Fsp3) is 0.833. The highest BCUT2D eigenvalue weighted by molar-refractivity contribution is 5.35. The lowest BCUT2D eigenvalue weighted by Crippen LogP contribution is -2.70. The largest absolute Gasteiger partial charge is 0.368 e. The zero-order chi connectivity index (χ0) is 15.3. The van der Waals surface area contributed by atoms with Crippen LogP contribution in [0.25, 0.3) is 0 Å². The van der Waals surface area contributed by atoms with Crippen LogP contribution in [0.5, 0.6) is 0 Å². The van der Waals surface area contributed by atoms with Crippen molar-refractivity contribution in [1.82, 2.24) is 16.0 Å². The Labute approximate surface area is 117 Å². The molecule has 112 valence electrons. The van der Waals surface area contributed by atoms with Crippen molar-refractivity contribution in [2.75, 3.05) is 27.7 Å². The molecule has 0 aromatic rings. The molecule has 0 saturated heterocycles. The molecule has 1 aliphatic rings. The van der Waals surface area contributed by atoms with Gasteiger partial charge in [0.1, 0.15) is 0 Å². The third-order valence-electron chi connectivity index (χ3n) is 4.03. The van der Waals surface area contributed by atoms with Gasteiger partial charge in [0.2, 0.25) is 12.2 Å². The topological polar surface area (TPSA) is 115 Å². The molecule has 0 bridgehead atoms. The lowest BCUT2D eigenvalue weighted by atomic mass is 9.71. The first-order valence-electron chi connectivity index (χ1n) is 6.34. The number of rotatable bonds is 6. The second-order valence-corrected chi connectivity index (χ2v) is 5.24. The average Bonchev–Trinajstić information content (AvgIpc) is 2.44. The number of aliphatic imine (C=N–C) groups is 2. The minimum atomic E-state index is -1.58. The molecule has 1 saturated carbocycles. The lowest BCUT2D eigenvalue weighted by molar-refractivity contribution is -0.0667. The molecule has 2 unspecified atom stereocenters. The summed E-state index contributed by atoms with van der Waals surface area (Å²) >= 11 is 0. The monoisotopic (exact) mass is 283 g/mol. The molecule has 0 spiro atoms. The van der Waals surface area contributed by atoms with E-state index < -0.39 is 16.9 Å². The number of hydrogen-bond acceptors (Lipinski definition) is 8. The average molecular weight is 283 g/mol. The van der Waals surface area contributed by atoms with Gasteiger partial charge in [-0.25, -0.2) is 14.6 Å². The zero-order valence-electron chi connectivity index (χ0n) is 12.0. The van der Waals surface area contributed by atoms with Crippen LogP contribution >= 0.6 is 0 Å². The Hall–Kier alpha value is -1.40. The Balaban J connectivity index is 3.24. The summed E-state index contributed by atoms with van der Waals surface area (Å²) in [5.74, 6) is 0. The van der Waals surface area contributed by atoms with Crippen molar-refractivity contribution in [2.24, 2.45) is 9.98 Å². The van der Waals surface area contributed by atoms with Crippen molar-refractivity contribution in [3.05, 3.63) is 0 Å². The smallest absolute Gasteiger partial charge is 0.237 e. The van der Waals surface area contributed by atoms with E-state index in [9.17, 15) is 14.7 Å². The molecular formula is C12H21N5O3. The first-order chi connectivity index (χ1) is 9.42. The van der Waals surface area contributed by atoms with E-state index in [1.165, 1.54) is 12.2 Å². The van der Waals surface area contributed by atoms with Crippen LogP contribution in [0.3, 0.4) is 0 Å². The number of isocyanates is 2. The van der Waals surface area contributed by atoms with E-state index in [1.54, 1.807) is 21.1 Å². The summed E-state index contributed by atoms with van der Waals surface area (Å²) in [7, 11) is 5.21. The number of carbonyl (C=O) groups excluding carboxylic acids is 2. The number of aliphatic hydroxyl groups is 1. The van der Waals surface area contributed by atoms with E-state index in [2.05, 4.69) is 25.9 Å². The number of hydrogen-bond donors (Lipinski definition) is 4. The van der Waals surface area contributed by atoms with E-state index in [0.717, 1.165) is 0 Å². The van der Waals surface area contributed by atoms with Gasteiger partial charge in [0, 0.05) is 18.4 Å². The molecule has 8 heteroatoms. The van der Waals surface area contributed by atoms with Crippen LogP contribution in [0, 0.1) is 0 Å². The molecule has 0 aliphatic heterocycles. The summed E-state index contributed by atoms with van der Waals surface area (Å²) in [5.41, 5.74) is -2.90. The maximum atomic E-state index is 10.6. The summed E-state index contributed by atoms with van der Waals surface area (Å²) in [6.45, 7) is 0.134. The van der Waals surface area contributed by atoms with Gasteiger partial charge in [0.05, 0.1) is 12.2 Å². The van der Waals surface area contributed by atoms with E-state index in [4.69, 9.17) is 0 Å². The van der Waals surface area contributed by atoms with Crippen molar-refractivity contribution in [3.63, 3.8) is 0 Å². The first kappa shape index (κ1) is 16.7. The molecule has 0 aromatic heterocycles. The molecule has 2 atom stereocenters. The van der Waals surface area contributed by atoms with Gasteiger partial charge in [0.15, 0.2) is 5.72 Å². The number of nitrogens with one attached hydrogen (secondary N) is 3. The van der Waals surface area contributed by atoms with Crippen molar-refractivity contribution in [2.45, 2.75) is 36.2 Å². The van der Waals surface area contributed by atoms with Gasteiger partial charge in [0.25, 0.3) is 0 Å². The van der Waals surface area contributed by atoms with Crippen LogP contribution in [-0.4, -0.2) is 61.9 Å². The zero-order valence-corrected chi connectivity index (χ0v) is 12.0.